The van der Waals surface area contributed by atoms with Crippen LogP contribution in [0.3, 0.4) is 0 Å². The van der Waals surface area contributed by atoms with Gasteiger partial charge in [-0.25, -0.2) is 13.6 Å². The van der Waals surface area contributed by atoms with E-state index in [4.69, 9.17) is 9.88 Å². The number of ether oxygens (including phenoxy) is 1. The lowest BCUT2D eigenvalue weighted by Gasteiger charge is -2.17. The molecule has 1 aromatic rings. The van der Waals surface area contributed by atoms with E-state index < -0.39 is 10.0 Å². The van der Waals surface area contributed by atoms with E-state index in [1.54, 1.807) is 12.1 Å². The van der Waals surface area contributed by atoms with Gasteiger partial charge in [0.1, 0.15) is 0 Å². The van der Waals surface area contributed by atoms with Crippen LogP contribution in [0.5, 0.6) is 11.5 Å². The van der Waals surface area contributed by atoms with E-state index in [2.05, 4.69) is 0 Å². The van der Waals surface area contributed by atoms with Crippen LogP contribution < -0.4 is 9.88 Å². The second kappa shape index (κ2) is 5.90. The normalized spacial score (nSPS) is 18.8. The number of aromatic hydroxyl groups is 1. The molecular formula is C13H18N2O5S. The van der Waals surface area contributed by atoms with Crippen molar-refractivity contribution in [3.8, 4) is 11.5 Å². The molecule has 1 aliphatic heterocycles. The third kappa shape index (κ3) is 3.64. The zero-order chi connectivity index (χ0) is 15.6. The van der Waals surface area contributed by atoms with Crippen LogP contribution >= 0.6 is 0 Å². The minimum absolute atomic E-state index is 0.138. The van der Waals surface area contributed by atoms with E-state index in [1.807, 2.05) is 0 Å². The van der Waals surface area contributed by atoms with E-state index in [-0.39, 0.29) is 34.6 Å². The van der Waals surface area contributed by atoms with Crippen LogP contribution in [0.25, 0.3) is 0 Å². The first-order valence-corrected chi connectivity index (χ1v) is 8.19. The zero-order valence-electron chi connectivity index (χ0n) is 11.7. The highest BCUT2D eigenvalue weighted by atomic mass is 32.2. The predicted octanol–water partition coefficient (Wildman–Crippen LogP) is 0.151. The Morgan fingerprint density at radius 1 is 1.52 bits per heavy atom. The number of phenols is 1. The lowest BCUT2D eigenvalue weighted by Crippen LogP contribution is -2.30. The second-order valence-corrected chi connectivity index (χ2v) is 6.75. The van der Waals surface area contributed by atoms with Gasteiger partial charge in [-0.3, -0.25) is 4.79 Å². The number of carbonyl (C=O) groups excluding carboxylic acids is 1. The summed E-state index contributed by atoms with van der Waals surface area (Å²) in [4.78, 5) is 13.9. The summed E-state index contributed by atoms with van der Waals surface area (Å²) in [5.74, 6) is -0.637. The Morgan fingerprint density at radius 3 is 2.86 bits per heavy atom. The Bertz CT molecular complexity index is 644. The van der Waals surface area contributed by atoms with Crippen molar-refractivity contribution in [3.05, 3.63) is 23.8 Å². The lowest BCUT2D eigenvalue weighted by atomic mass is 10.1. The third-order valence-corrected chi connectivity index (χ3v) is 4.43. The molecule has 0 aromatic heterocycles. The number of hydrogen-bond acceptors (Lipinski definition) is 5. The molecule has 21 heavy (non-hydrogen) atoms. The first kappa shape index (κ1) is 15.6. The summed E-state index contributed by atoms with van der Waals surface area (Å²) in [5.41, 5.74) is 0.144. The molecule has 2 rings (SSSR count). The van der Waals surface area contributed by atoms with Crippen molar-refractivity contribution in [2.75, 3.05) is 26.0 Å². The predicted molar refractivity (Wildman–Crippen MR) is 76.6 cm³/mol. The van der Waals surface area contributed by atoms with E-state index in [0.29, 0.717) is 19.5 Å². The summed E-state index contributed by atoms with van der Waals surface area (Å²) in [6.07, 6.45) is 0.576. The monoisotopic (exact) mass is 314 g/mol. The Kier molecular flexibility index (Phi) is 4.38. The molecule has 1 saturated heterocycles. The number of nitrogens with two attached hydrogens (primary N) is 1. The van der Waals surface area contributed by atoms with Crippen molar-refractivity contribution in [1.82, 2.24) is 4.90 Å². The van der Waals surface area contributed by atoms with Gasteiger partial charge in [0, 0.05) is 13.1 Å². The average Bonchev–Trinajstić information content (AvgIpc) is 2.84. The number of nitrogens with zero attached hydrogens (tertiary/aromatic N) is 1. The minimum atomic E-state index is -3.55. The zero-order valence-corrected chi connectivity index (χ0v) is 12.5. The fourth-order valence-corrected chi connectivity index (χ4v) is 3.44. The maximum atomic E-state index is 12.4. The maximum absolute atomic E-state index is 12.4. The number of phenolic OH excluding ortho intramolecular Hbond substituents is 1. The van der Waals surface area contributed by atoms with Crippen LogP contribution in [0.1, 0.15) is 16.8 Å². The molecule has 1 aliphatic rings. The highest BCUT2D eigenvalue weighted by molar-refractivity contribution is 7.89. The highest BCUT2D eigenvalue weighted by Crippen LogP contribution is 2.31. The van der Waals surface area contributed by atoms with E-state index in [0.717, 1.165) is 0 Å². The number of rotatable bonds is 4. The van der Waals surface area contributed by atoms with Gasteiger partial charge in [0.15, 0.2) is 11.5 Å². The third-order valence-electron chi connectivity index (χ3n) is 3.49. The number of primary sulfonamides is 1. The number of benzene rings is 1. The van der Waals surface area contributed by atoms with Gasteiger partial charge in [0.2, 0.25) is 10.0 Å². The summed E-state index contributed by atoms with van der Waals surface area (Å²) in [6, 6.07) is 4.68. The Hall–Kier alpha value is -1.80. The quantitative estimate of drug-likeness (QED) is 0.822. The average molecular weight is 314 g/mol. The minimum Gasteiger partial charge on any atom is -0.504 e. The van der Waals surface area contributed by atoms with Gasteiger partial charge in [-0.2, -0.15) is 0 Å². The number of sulfonamides is 1. The van der Waals surface area contributed by atoms with Crippen molar-refractivity contribution in [2.45, 2.75) is 6.42 Å². The highest BCUT2D eigenvalue weighted by Gasteiger charge is 2.30. The summed E-state index contributed by atoms with van der Waals surface area (Å²) < 4.78 is 27.1. The van der Waals surface area contributed by atoms with Gasteiger partial charge in [-0.1, -0.05) is 6.07 Å². The summed E-state index contributed by atoms with van der Waals surface area (Å²) in [5, 5.41) is 15.0. The molecule has 0 aliphatic carbocycles. The fraction of sp³-hybridized carbons (Fsp3) is 0.462. The standard InChI is InChI=1S/C13H18N2O5S/c1-20-11-4-2-3-10(12(11)16)13(17)15-6-5-9(7-15)8-21(14,18)19/h2-4,9,16H,5-8H2,1H3,(H2,14,18,19). The number of likely N-dealkylation sites (tertiary alicyclic amines) is 1. The van der Waals surface area contributed by atoms with Gasteiger partial charge in [0.05, 0.1) is 18.4 Å². The molecule has 1 aromatic carbocycles. The first-order chi connectivity index (χ1) is 9.81. The van der Waals surface area contributed by atoms with E-state index in [1.165, 1.54) is 18.1 Å². The molecule has 1 heterocycles. The molecule has 7 nitrogen and oxygen atoms in total. The molecule has 0 spiro atoms. The van der Waals surface area contributed by atoms with Crippen molar-refractivity contribution < 1.29 is 23.1 Å². The molecular weight excluding hydrogens is 296 g/mol. The van der Waals surface area contributed by atoms with Crippen LogP contribution in [-0.2, 0) is 10.0 Å². The van der Waals surface area contributed by atoms with Crippen molar-refractivity contribution >= 4 is 15.9 Å². The molecule has 116 valence electrons. The van der Waals surface area contributed by atoms with Gasteiger partial charge < -0.3 is 14.7 Å². The van der Waals surface area contributed by atoms with Crippen LogP contribution in [0, 0.1) is 5.92 Å². The maximum Gasteiger partial charge on any atom is 0.257 e. The number of para-hydroxylation sites is 1. The second-order valence-electron chi connectivity index (χ2n) is 5.09. The van der Waals surface area contributed by atoms with Crippen molar-refractivity contribution in [3.63, 3.8) is 0 Å². The van der Waals surface area contributed by atoms with Crippen LogP contribution in [0.4, 0.5) is 0 Å². The van der Waals surface area contributed by atoms with Crippen molar-refractivity contribution in [1.29, 1.82) is 0 Å². The molecule has 0 bridgehead atoms. The largest absolute Gasteiger partial charge is 0.504 e. The number of methoxy groups -OCH3 is 1. The van der Waals surface area contributed by atoms with E-state index in [9.17, 15) is 18.3 Å². The van der Waals surface area contributed by atoms with Crippen molar-refractivity contribution in [2.24, 2.45) is 11.1 Å². The Balaban J connectivity index is 2.12. The fourth-order valence-electron chi connectivity index (χ4n) is 2.51. The first-order valence-electron chi connectivity index (χ1n) is 6.47. The molecule has 8 heteroatoms. The van der Waals surface area contributed by atoms with E-state index >= 15 is 0 Å². The SMILES string of the molecule is COc1cccc(C(=O)N2CCC(CS(N)(=O)=O)C2)c1O. The molecule has 0 saturated carbocycles. The van der Waals surface area contributed by atoms with Crippen LogP contribution in [0.15, 0.2) is 18.2 Å². The van der Waals surface area contributed by atoms with Gasteiger partial charge in [0.25, 0.3) is 5.91 Å². The molecule has 0 radical (unpaired) electrons. The van der Waals surface area contributed by atoms with Gasteiger partial charge in [-0.05, 0) is 24.5 Å². The lowest BCUT2D eigenvalue weighted by molar-refractivity contribution is 0.0784. The molecule has 1 unspecified atom stereocenters. The molecule has 1 atom stereocenters. The topological polar surface area (TPSA) is 110 Å². The van der Waals surface area contributed by atoms with Gasteiger partial charge in [-0.15, -0.1) is 0 Å². The van der Waals surface area contributed by atoms with Crippen LogP contribution in [-0.4, -0.2) is 50.3 Å². The summed E-state index contributed by atoms with van der Waals surface area (Å²) in [7, 11) is -2.14. The molecule has 3 N–H and O–H groups in total. The Labute approximate surface area is 123 Å². The number of hydrogen-bond donors (Lipinski definition) is 2. The van der Waals surface area contributed by atoms with Gasteiger partial charge >= 0.3 is 0 Å². The Morgan fingerprint density at radius 2 is 2.24 bits per heavy atom. The molecule has 1 amide bonds. The molecule has 1 fully saturated rings. The van der Waals surface area contributed by atoms with Crippen LogP contribution in [0.2, 0.25) is 0 Å². The smallest absolute Gasteiger partial charge is 0.257 e. The number of carbonyl (C=O) groups is 1. The number of amides is 1. The summed E-state index contributed by atoms with van der Waals surface area (Å²) >= 11 is 0. The summed E-state index contributed by atoms with van der Waals surface area (Å²) in [6.45, 7) is 0.752.